The van der Waals surface area contributed by atoms with Gasteiger partial charge >= 0.3 is 11.9 Å². The summed E-state index contributed by atoms with van der Waals surface area (Å²) in [5.41, 5.74) is 6.74. The number of azo groups is 2. The number of benzene rings is 5. The van der Waals surface area contributed by atoms with Crippen molar-refractivity contribution in [1.29, 1.82) is 0 Å². The van der Waals surface area contributed by atoms with E-state index in [1.54, 1.807) is 60.7 Å². The average Bonchev–Trinajstić information content (AvgIpc) is 2.99. The summed E-state index contributed by atoms with van der Waals surface area (Å²) in [6.07, 6.45) is 0. The van der Waals surface area contributed by atoms with Crippen LogP contribution in [-0.2, 0) is 9.37 Å². The first kappa shape index (κ1) is 28.1. The number of rotatable bonds is 9. The van der Waals surface area contributed by atoms with Crippen LogP contribution in [0.15, 0.2) is 104 Å². The first-order valence-corrected chi connectivity index (χ1v) is 12.7. The molecule has 0 unspecified atom stereocenters. The number of nitrogens with zero attached hydrogens (tertiary/aromatic N) is 4. The highest BCUT2D eigenvalue weighted by molar-refractivity contribution is 7.94. The van der Waals surface area contributed by atoms with Gasteiger partial charge in [0.05, 0.1) is 45.1 Å². The summed E-state index contributed by atoms with van der Waals surface area (Å²) >= 11 is 0.613. The summed E-state index contributed by atoms with van der Waals surface area (Å²) in [5, 5.41) is 61.2. The van der Waals surface area contributed by atoms with Crippen molar-refractivity contribution in [1.82, 2.24) is 0 Å². The Labute approximate surface area is 240 Å². The third kappa shape index (κ3) is 5.86. The number of fused-ring (bicyclic) bond motifs is 2. The first-order chi connectivity index (χ1) is 20.2. The molecular weight excluding hydrogens is 566 g/mol. The van der Waals surface area contributed by atoms with Crippen molar-refractivity contribution in [2.75, 3.05) is 5.73 Å². The van der Waals surface area contributed by atoms with Gasteiger partial charge in [-0.05, 0) is 53.9 Å². The Balaban J connectivity index is 1.55. The molecule has 0 heterocycles. The second-order valence-corrected chi connectivity index (χ2v) is 9.45. The Morgan fingerprint density at radius 1 is 0.738 bits per heavy atom. The van der Waals surface area contributed by atoms with E-state index < -0.39 is 11.9 Å². The molecule has 0 aliphatic rings. The Kier molecular flexibility index (Phi) is 8.03. The number of aromatic hydroxyl groups is 1. The van der Waals surface area contributed by atoms with Gasteiger partial charge in [-0.3, -0.25) is 0 Å². The van der Waals surface area contributed by atoms with Crippen LogP contribution < -0.4 is 5.73 Å². The zero-order chi connectivity index (χ0) is 29.8. The third-order valence-corrected chi connectivity index (χ3v) is 6.67. The Morgan fingerprint density at radius 3 is 1.95 bits per heavy atom. The van der Waals surface area contributed by atoms with Crippen LogP contribution in [0.5, 0.6) is 5.75 Å². The summed E-state index contributed by atoms with van der Waals surface area (Å²) in [6.45, 7) is 0. The Bertz CT molecular complexity index is 1900. The highest BCUT2D eigenvalue weighted by Gasteiger charge is 2.16. The van der Waals surface area contributed by atoms with Crippen LogP contribution in [0.4, 0.5) is 28.4 Å². The van der Waals surface area contributed by atoms with Crippen LogP contribution in [0.25, 0.3) is 21.5 Å². The van der Waals surface area contributed by atoms with Crippen LogP contribution in [0.3, 0.4) is 0 Å². The Morgan fingerprint density at radius 2 is 1.36 bits per heavy atom. The van der Waals surface area contributed by atoms with Crippen molar-refractivity contribution >= 4 is 74.0 Å². The quantitative estimate of drug-likeness (QED) is 0.0370. The van der Waals surface area contributed by atoms with E-state index in [0.29, 0.717) is 55.5 Å². The lowest BCUT2D eigenvalue weighted by Crippen LogP contribution is -2.01. The number of carboxylic acids is 2. The summed E-state index contributed by atoms with van der Waals surface area (Å²) in [5.74, 6) is -2.81. The number of hydrogen-bond donors (Lipinski definition) is 5. The van der Waals surface area contributed by atoms with Crippen LogP contribution in [0.1, 0.15) is 20.7 Å². The number of carboxylic acid groups (broad SMARTS) is 2. The number of hydrogen-bond acceptors (Lipinski definition) is 12. The van der Waals surface area contributed by atoms with Crippen molar-refractivity contribution in [3.63, 3.8) is 0 Å². The van der Waals surface area contributed by atoms with Gasteiger partial charge in [0.1, 0.15) is 5.69 Å². The molecule has 13 nitrogen and oxygen atoms in total. The van der Waals surface area contributed by atoms with E-state index >= 15 is 0 Å². The zero-order valence-electron chi connectivity index (χ0n) is 21.2. The molecule has 0 spiro atoms. The lowest BCUT2D eigenvalue weighted by Gasteiger charge is -2.10. The van der Waals surface area contributed by atoms with Crippen LogP contribution in [-0.4, -0.2) is 32.5 Å². The van der Waals surface area contributed by atoms with E-state index in [9.17, 15) is 24.9 Å². The largest absolute Gasteiger partial charge is 0.505 e. The molecule has 5 aromatic rings. The van der Waals surface area contributed by atoms with Crippen LogP contribution in [0, 0.1) is 0 Å². The number of anilines is 1. The standard InChI is InChI=1S/C28H19N5O8S/c29-17-6-5-14-12-24(42-41-40-39)25(26(34)21(14)13-17)33-32-23-8-7-22(19-3-1-2-4-20(19)23)31-30-18-10-15(27(35)36)9-16(11-18)28(37)38/h1-13,34,39H,29H2,(H,35,36)(H,37,38)/b31-30+,33-32+. The van der Waals surface area contributed by atoms with Gasteiger partial charge in [-0.25, -0.2) is 14.8 Å². The molecule has 0 amide bonds. The molecule has 0 aliphatic carbocycles. The van der Waals surface area contributed by atoms with Gasteiger partial charge in [0.2, 0.25) is 0 Å². The van der Waals surface area contributed by atoms with Gasteiger partial charge in [-0.1, -0.05) is 35.4 Å². The number of nitrogens with two attached hydrogens (primary N) is 1. The molecular formula is C28H19N5O8S. The molecule has 14 heteroatoms. The lowest BCUT2D eigenvalue weighted by molar-refractivity contribution is -0.432. The summed E-state index contributed by atoms with van der Waals surface area (Å²) in [4.78, 5) is 23.1. The molecule has 0 radical (unpaired) electrons. The topological polar surface area (TPSA) is 209 Å². The Hall–Kier alpha value is -5.41. The molecule has 210 valence electrons. The van der Waals surface area contributed by atoms with Gasteiger partial charge in [0, 0.05) is 21.8 Å². The van der Waals surface area contributed by atoms with E-state index in [4.69, 9.17) is 11.0 Å². The molecule has 0 bridgehead atoms. The van der Waals surface area contributed by atoms with Gasteiger partial charge in [0.15, 0.2) is 5.75 Å². The summed E-state index contributed by atoms with van der Waals surface area (Å²) in [7, 11) is 0. The monoisotopic (exact) mass is 585 g/mol. The van der Waals surface area contributed by atoms with Crippen LogP contribution in [0.2, 0.25) is 0 Å². The number of carbonyl (C=O) groups is 2. The molecule has 0 atom stereocenters. The molecule has 0 saturated carbocycles. The minimum absolute atomic E-state index is 0.0375. The van der Waals surface area contributed by atoms with E-state index in [1.807, 2.05) is 0 Å². The highest BCUT2D eigenvalue weighted by Crippen LogP contribution is 2.45. The normalized spacial score (nSPS) is 11.6. The molecule has 5 aromatic carbocycles. The SMILES string of the molecule is Nc1ccc2cc(SOOO)c(/N=N/c3ccc(/N=N/c4cc(C(=O)O)cc(C(=O)O)c4)c4ccccc34)c(O)c2c1. The maximum Gasteiger partial charge on any atom is 0.335 e. The summed E-state index contributed by atoms with van der Waals surface area (Å²) < 4.78 is 4.58. The second-order valence-electron chi connectivity index (χ2n) is 8.71. The van der Waals surface area contributed by atoms with E-state index in [1.165, 1.54) is 12.1 Å². The molecule has 42 heavy (non-hydrogen) atoms. The fraction of sp³-hybridized carbons (Fsp3) is 0. The number of phenols is 1. The fourth-order valence-corrected chi connectivity index (χ4v) is 4.64. The molecule has 0 fully saturated rings. The molecule has 0 aliphatic heterocycles. The maximum atomic E-state index is 11.4. The second kappa shape index (κ2) is 12.0. The van der Waals surface area contributed by atoms with Crippen molar-refractivity contribution in [3.8, 4) is 5.75 Å². The predicted molar refractivity (Wildman–Crippen MR) is 153 cm³/mol. The molecule has 0 saturated heterocycles. The van der Waals surface area contributed by atoms with Gasteiger partial charge < -0.3 is 21.1 Å². The number of phenolic OH excluding ortho intramolecular Hbond substituents is 1. The van der Waals surface area contributed by atoms with Crippen molar-refractivity contribution < 1.29 is 39.5 Å². The first-order valence-electron chi connectivity index (χ1n) is 11.9. The van der Waals surface area contributed by atoms with E-state index in [0.717, 1.165) is 6.07 Å². The highest BCUT2D eigenvalue weighted by atomic mass is 32.2. The summed E-state index contributed by atoms with van der Waals surface area (Å²) in [6, 6.07) is 20.4. The van der Waals surface area contributed by atoms with Crippen molar-refractivity contribution in [3.05, 3.63) is 90.0 Å². The fourth-order valence-electron chi connectivity index (χ4n) is 4.14. The van der Waals surface area contributed by atoms with Crippen LogP contribution >= 0.6 is 12.0 Å². The van der Waals surface area contributed by atoms with Gasteiger partial charge in [-0.2, -0.15) is 5.11 Å². The zero-order valence-corrected chi connectivity index (χ0v) is 22.0. The van der Waals surface area contributed by atoms with Crippen molar-refractivity contribution in [2.45, 2.75) is 4.90 Å². The van der Waals surface area contributed by atoms with Crippen molar-refractivity contribution in [2.24, 2.45) is 20.5 Å². The van der Waals surface area contributed by atoms with E-state index in [2.05, 4.69) is 29.8 Å². The molecule has 0 aromatic heterocycles. The lowest BCUT2D eigenvalue weighted by atomic mass is 10.1. The maximum absolute atomic E-state index is 11.4. The smallest absolute Gasteiger partial charge is 0.335 e. The third-order valence-electron chi connectivity index (χ3n) is 6.05. The molecule has 6 N–H and O–H groups in total. The number of aromatic carboxylic acids is 2. The average molecular weight is 586 g/mol. The predicted octanol–water partition coefficient (Wildman–Crippen LogP) is 7.94. The van der Waals surface area contributed by atoms with Gasteiger partial charge in [0.25, 0.3) is 0 Å². The minimum Gasteiger partial charge on any atom is -0.505 e. The molecule has 5 rings (SSSR count). The number of nitrogen functional groups attached to an aromatic ring is 1. The van der Waals surface area contributed by atoms with Gasteiger partial charge in [-0.15, -0.1) is 19.7 Å². The van der Waals surface area contributed by atoms with E-state index in [-0.39, 0.29) is 28.3 Å². The minimum atomic E-state index is -1.30.